The fourth-order valence-electron chi connectivity index (χ4n) is 2.74. The Hall–Kier alpha value is -3.22. The van der Waals surface area contributed by atoms with Gasteiger partial charge in [-0.25, -0.2) is 4.68 Å². The second-order valence-corrected chi connectivity index (χ2v) is 6.42. The van der Waals surface area contributed by atoms with Gasteiger partial charge in [0.05, 0.1) is 6.54 Å². The first-order chi connectivity index (χ1) is 13.1. The second-order valence-electron chi connectivity index (χ2n) is 6.42. The van der Waals surface area contributed by atoms with Gasteiger partial charge in [-0.3, -0.25) is 4.79 Å². The highest BCUT2D eigenvalue weighted by atomic mass is 16.5. The maximum atomic E-state index is 13.0. The molecule has 0 radical (unpaired) electrons. The number of hydrogen-bond donors (Lipinski definition) is 0. The quantitative estimate of drug-likeness (QED) is 0.612. The average molecular weight is 365 g/mol. The van der Waals surface area contributed by atoms with Crippen molar-refractivity contribution in [1.29, 1.82) is 0 Å². The van der Waals surface area contributed by atoms with Gasteiger partial charge in [0, 0.05) is 13.5 Å². The molecule has 1 atom stereocenters. The van der Waals surface area contributed by atoms with Crippen LogP contribution in [-0.4, -0.2) is 51.2 Å². The van der Waals surface area contributed by atoms with E-state index < -0.39 is 6.04 Å². The minimum absolute atomic E-state index is 0.0568. The molecule has 0 aliphatic heterocycles. The Morgan fingerprint density at radius 1 is 1.15 bits per heavy atom. The van der Waals surface area contributed by atoms with Gasteiger partial charge in [0.2, 0.25) is 5.91 Å². The van der Waals surface area contributed by atoms with Crippen molar-refractivity contribution in [2.75, 3.05) is 20.2 Å². The van der Waals surface area contributed by atoms with Crippen molar-refractivity contribution < 1.29 is 9.53 Å². The van der Waals surface area contributed by atoms with Gasteiger partial charge in [0.1, 0.15) is 24.7 Å². The molecule has 0 saturated heterocycles. The zero-order valence-corrected chi connectivity index (χ0v) is 15.5. The third-order valence-corrected chi connectivity index (χ3v) is 4.33. The van der Waals surface area contributed by atoms with Crippen molar-refractivity contribution in [1.82, 2.24) is 25.1 Å². The number of amides is 1. The molecule has 0 fully saturated rings. The Morgan fingerprint density at radius 3 is 2.56 bits per heavy atom. The van der Waals surface area contributed by atoms with Crippen LogP contribution in [0.3, 0.4) is 0 Å². The molecule has 3 rings (SSSR count). The van der Waals surface area contributed by atoms with E-state index in [1.54, 1.807) is 11.9 Å². The molecule has 0 saturated carbocycles. The van der Waals surface area contributed by atoms with Crippen molar-refractivity contribution in [2.45, 2.75) is 19.4 Å². The molecule has 7 nitrogen and oxygen atoms in total. The van der Waals surface area contributed by atoms with Crippen LogP contribution in [0, 0.1) is 6.92 Å². The first-order valence-corrected chi connectivity index (χ1v) is 8.84. The van der Waals surface area contributed by atoms with Gasteiger partial charge in [0.15, 0.2) is 0 Å². The van der Waals surface area contributed by atoms with Gasteiger partial charge in [-0.2, -0.15) is 0 Å². The van der Waals surface area contributed by atoms with Crippen LogP contribution in [0.5, 0.6) is 5.75 Å². The van der Waals surface area contributed by atoms with Crippen molar-refractivity contribution in [3.63, 3.8) is 0 Å². The Bertz CT molecular complexity index is 835. The highest BCUT2D eigenvalue weighted by Crippen LogP contribution is 2.16. The minimum atomic E-state index is -0.494. The van der Waals surface area contributed by atoms with E-state index in [-0.39, 0.29) is 5.91 Å². The third-order valence-electron chi connectivity index (χ3n) is 4.33. The molecule has 0 bridgehead atoms. The SMILES string of the molecule is Cc1ccc(OCCN(C)C(=O)C(Cc2ccccc2)n2cnnn2)cc1. The monoisotopic (exact) mass is 365 g/mol. The molecule has 1 heterocycles. The Kier molecular flexibility index (Phi) is 6.14. The summed E-state index contributed by atoms with van der Waals surface area (Å²) in [6, 6.07) is 17.2. The summed E-state index contributed by atoms with van der Waals surface area (Å²) in [6.07, 6.45) is 2.00. The lowest BCUT2D eigenvalue weighted by Crippen LogP contribution is -2.38. The third kappa shape index (κ3) is 5.13. The smallest absolute Gasteiger partial charge is 0.247 e. The normalized spacial score (nSPS) is 11.8. The molecule has 1 unspecified atom stereocenters. The molecular formula is C20H23N5O2. The Labute approximate surface area is 158 Å². The predicted molar refractivity (Wildman–Crippen MR) is 101 cm³/mol. The highest BCUT2D eigenvalue weighted by molar-refractivity contribution is 5.80. The topological polar surface area (TPSA) is 73.1 Å². The zero-order valence-electron chi connectivity index (χ0n) is 15.5. The van der Waals surface area contributed by atoms with Crippen LogP contribution in [0.2, 0.25) is 0 Å². The number of carbonyl (C=O) groups is 1. The largest absolute Gasteiger partial charge is 0.492 e. The van der Waals surface area contributed by atoms with Crippen LogP contribution < -0.4 is 4.74 Å². The molecule has 140 valence electrons. The van der Waals surface area contributed by atoms with E-state index in [4.69, 9.17) is 4.74 Å². The molecular weight excluding hydrogens is 342 g/mol. The molecule has 0 aliphatic carbocycles. The van der Waals surface area contributed by atoms with Crippen molar-refractivity contribution in [2.24, 2.45) is 0 Å². The Balaban J connectivity index is 1.61. The van der Waals surface area contributed by atoms with Gasteiger partial charge in [-0.15, -0.1) is 5.10 Å². The summed E-state index contributed by atoms with van der Waals surface area (Å²) in [4.78, 5) is 14.6. The minimum Gasteiger partial charge on any atom is -0.492 e. The van der Waals surface area contributed by atoms with Gasteiger partial charge in [-0.05, 0) is 35.0 Å². The van der Waals surface area contributed by atoms with E-state index in [2.05, 4.69) is 15.5 Å². The van der Waals surface area contributed by atoms with Crippen LogP contribution in [-0.2, 0) is 11.2 Å². The number of nitrogens with zero attached hydrogens (tertiary/aromatic N) is 5. The molecule has 1 amide bonds. The lowest BCUT2D eigenvalue weighted by Gasteiger charge is -2.23. The number of likely N-dealkylation sites (N-methyl/N-ethyl adjacent to an activating group) is 1. The van der Waals surface area contributed by atoms with E-state index in [1.807, 2.05) is 61.5 Å². The standard InChI is InChI=1S/C20H23N5O2/c1-16-8-10-18(11-9-16)27-13-12-24(2)20(26)19(25-15-21-22-23-25)14-17-6-4-3-5-7-17/h3-11,15,19H,12-14H2,1-2H3. The van der Waals surface area contributed by atoms with Crippen LogP contribution in [0.4, 0.5) is 0 Å². The molecule has 2 aromatic carbocycles. The Morgan fingerprint density at radius 2 is 1.89 bits per heavy atom. The van der Waals surface area contributed by atoms with Crippen molar-refractivity contribution in [3.05, 3.63) is 72.1 Å². The molecule has 3 aromatic rings. The van der Waals surface area contributed by atoms with Crippen LogP contribution in [0.15, 0.2) is 60.9 Å². The highest BCUT2D eigenvalue weighted by Gasteiger charge is 2.25. The number of carbonyl (C=O) groups excluding carboxylic acids is 1. The maximum absolute atomic E-state index is 13.0. The fraction of sp³-hybridized carbons (Fsp3) is 0.300. The predicted octanol–water partition coefficient (Wildman–Crippen LogP) is 2.30. The lowest BCUT2D eigenvalue weighted by atomic mass is 10.1. The number of hydrogen-bond acceptors (Lipinski definition) is 5. The molecule has 0 N–H and O–H groups in total. The number of rotatable bonds is 8. The van der Waals surface area contributed by atoms with E-state index in [9.17, 15) is 4.79 Å². The summed E-state index contributed by atoms with van der Waals surface area (Å²) in [7, 11) is 1.77. The number of tetrazole rings is 1. The van der Waals surface area contributed by atoms with Gasteiger partial charge in [-0.1, -0.05) is 48.0 Å². The lowest BCUT2D eigenvalue weighted by molar-refractivity contribution is -0.134. The van der Waals surface area contributed by atoms with Crippen molar-refractivity contribution in [3.8, 4) is 5.75 Å². The van der Waals surface area contributed by atoms with Gasteiger partial charge < -0.3 is 9.64 Å². The van der Waals surface area contributed by atoms with E-state index >= 15 is 0 Å². The number of aryl methyl sites for hydroxylation is 1. The second kappa shape index (κ2) is 8.93. The zero-order chi connectivity index (χ0) is 19.1. The average Bonchev–Trinajstić information content (AvgIpc) is 3.22. The van der Waals surface area contributed by atoms with E-state index in [0.717, 1.165) is 11.3 Å². The fourth-order valence-corrected chi connectivity index (χ4v) is 2.74. The number of ether oxygens (including phenoxy) is 1. The number of benzene rings is 2. The van der Waals surface area contributed by atoms with E-state index in [1.165, 1.54) is 16.6 Å². The first-order valence-electron chi connectivity index (χ1n) is 8.84. The summed E-state index contributed by atoms with van der Waals surface area (Å²) in [6.45, 7) is 2.92. The van der Waals surface area contributed by atoms with E-state index in [0.29, 0.717) is 19.6 Å². The summed E-state index contributed by atoms with van der Waals surface area (Å²) < 4.78 is 7.24. The summed E-state index contributed by atoms with van der Waals surface area (Å²) in [5.41, 5.74) is 2.23. The first kappa shape index (κ1) is 18.6. The van der Waals surface area contributed by atoms with Crippen molar-refractivity contribution >= 4 is 5.91 Å². The van der Waals surface area contributed by atoms with Crippen LogP contribution >= 0.6 is 0 Å². The molecule has 7 heteroatoms. The van der Waals surface area contributed by atoms with Crippen LogP contribution in [0.1, 0.15) is 17.2 Å². The maximum Gasteiger partial charge on any atom is 0.247 e. The van der Waals surface area contributed by atoms with Gasteiger partial charge in [0.25, 0.3) is 0 Å². The summed E-state index contributed by atoms with van der Waals surface area (Å²) in [5.74, 6) is 0.737. The number of aromatic nitrogens is 4. The van der Waals surface area contributed by atoms with Gasteiger partial charge >= 0.3 is 0 Å². The molecule has 27 heavy (non-hydrogen) atoms. The molecule has 1 aromatic heterocycles. The van der Waals surface area contributed by atoms with Crippen LogP contribution in [0.25, 0.3) is 0 Å². The summed E-state index contributed by atoms with van der Waals surface area (Å²) in [5, 5.41) is 11.3. The molecule has 0 spiro atoms. The molecule has 0 aliphatic rings. The summed E-state index contributed by atoms with van der Waals surface area (Å²) >= 11 is 0.